The first-order valence-electron chi connectivity index (χ1n) is 8.83. The van der Waals surface area contributed by atoms with E-state index >= 15 is 0 Å². The zero-order valence-electron chi connectivity index (χ0n) is 14.6. The fraction of sp³-hybridized carbons (Fsp3) is 0.500. The Morgan fingerprint density at radius 2 is 2.08 bits per heavy atom. The highest BCUT2D eigenvalue weighted by molar-refractivity contribution is 6.05. The number of amides is 3. The van der Waals surface area contributed by atoms with Gasteiger partial charge in [-0.15, -0.1) is 0 Å². The monoisotopic (exact) mass is 360 g/mol. The van der Waals surface area contributed by atoms with Gasteiger partial charge in [0.2, 0.25) is 11.8 Å². The number of imide groups is 1. The summed E-state index contributed by atoms with van der Waals surface area (Å²) in [6.45, 7) is 2.79. The lowest BCUT2D eigenvalue weighted by Gasteiger charge is -2.29. The first-order chi connectivity index (χ1) is 12.5. The standard InChI is InChI=1S/C18H24N4O4/c19-5-6-21(7-8-23)10-12-1-2-14-13(9-12)11-22(18(14)26)15-3-4-16(24)20-17(15)25/h1-2,9,15,23H,3-8,10-11,19H2,(H,20,24,25). The number of hydrogen-bond donors (Lipinski definition) is 3. The zero-order chi connectivity index (χ0) is 18.7. The van der Waals surface area contributed by atoms with E-state index in [0.717, 1.165) is 11.1 Å². The van der Waals surface area contributed by atoms with Crippen LogP contribution in [0.4, 0.5) is 0 Å². The van der Waals surface area contributed by atoms with Crippen molar-refractivity contribution < 1.29 is 19.5 Å². The molecule has 26 heavy (non-hydrogen) atoms. The Balaban J connectivity index is 1.73. The van der Waals surface area contributed by atoms with E-state index in [4.69, 9.17) is 10.8 Å². The third kappa shape index (κ3) is 3.77. The lowest BCUT2D eigenvalue weighted by atomic mass is 10.0. The van der Waals surface area contributed by atoms with Gasteiger partial charge in [0.1, 0.15) is 6.04 Å². The van der Waals surface area contributed by atoms with Gasteiger partial charge in [0, 0.05) is 44.7 Å². The maximum Gasteiger partial charge on any atom is 0.255 e. The van der Waals surface area contributed by atoms with E-state index < -0.39 is 11.9 Å². The number of aliphatic hydroxyl groups is 1. The van der Waals surface area contributed by atoms with Gasteiger partial charge in [0.25, 0.3) is 5.91 Å². The number of fused-ring (bicyclic) bond motifs is 1. The number of carbonyl (C=O) groups excluding carboxylic acids is 3. The number of carbonyl (C=O) groups is 3. The molecule has 1 saturated heterocycles. The Morgan fingerprint density at radius 1 is 1.27 bits per heavy atom. The zero-order valence-corrected chi connectivity index (χ0v) is 14.6. The largest absolute Gasteiger partial charge is 0.395 e. The Labute approximate surface area is 151 Å². The van der Waals surface area contributed by atoms with Gasteiger partial charge in [-0.05, 0) is 23.6 Å². The second kappa shape index (κ2) is 7.94. The number of benzene rings is 1. The molecule has 0 aromatic heterocycles. The van der Waals surface area contributed by atoms with Crippen LogP contribution in [0, 0.1) is 0 Å². The second-order valence-corrected chi connectivity index (χ2v) is 6.68. The summed E-state index contributed by atoms with van der Waals surface area (Å²) in [6, 6.07) is 5.06. The fourth-order valence-electron chi connectivity index (χ4n) is 3.58. The van der Waals surface area contributed by atoms with Crippen molar-refractivity contribution in [2.24, 2.45) is 5.73 Å². The van der Waals surface area contributed by atoms with Gasteiger partial charge in [0.15, 0.2) is 0 Å². The number of nitrogens with zero attached hydrogens (tertiary/aromatic N) is 2. The molecule has 3 amide bonds. The molecule has 1 aromatic rings. The molecule has 0 spiro atoms. The van der Waals surface area contributed by atoms with Gasteiger partial charge in [-0.25, -0.2) is 0 Å². The molecular formula is C18H24N4O4. The van der Waals surface area contributed by atoms with Crippen molar-refractivity contribution in [1.29, 1.82) is 0 Å². The lowest BCUT2D eigenvalue weighted by molar-refractivity contribution is -0.136. The van der Waals surface area contributed by atoms with E-state index in [9.17, 15) is 14.4 Å². The summed E-state index contributed by atoms with van der Waals surface area (Å²) in [7, 11) is 0. The van der Waals surface area contributed by atoms with E-state index in [0.29, 0.717) is 44.7 Å². The van der Waals surface area contributed by atoms with E-state index in [-0.39, 0.29) is 24.8 Å². The molecule has 4 N–H and O–H groups in total. The summed E-state index contributed by atoms with van der Waals surface area (Å²) < 4.78 is 0. The highest BCUT2D eigenvalue weighted by Crippen LogP contribution is 2.28. The van der Waals surface area contributed by atoms with Gasteiger partial charge >= 0.3 is 0 Å². The van der Waals surface area contributed by atoms with E-state index in [2.05, 4.69) is 10.2 Å². The smallest absolute Gasteiger partial charge is 0.255 e. The van der Waals surface area contributed by atoms with Crippen molar-refractivity contribution in [3.8, 4) is 0 Å². The summed E-state index contributed by atoms with van der Waals surface area (Å²) >= 11 is 0. The molecule has 3 rings (SSSR count). The number of piperidine rings is 1. The third-order valence-corrected chi connectivity index (χ3v) is 4.86. The molecule has 2 heterocycles. The predicted molar refractivity (Wildman–Crippen MR) is 93.9 cm³/mol. The molecule has 8 nitrogen and oxygen atoms in total. The number of aliphatic hydroxyl groups excluding tert-OH is 1. The maximum absolute atomic E-state index is 12.7. The van der Waals surface area contributed by atoms with Gasteiger partial charge in [-0.1, -0.05) is 12.1 Å². The van der Waals surface area contributed by atoms with Crippen LogP contribution in [-0.2, 0) is 22.7 Å². The quantitative estimate of drug-likeness (QED) is 0.548. The maximum atomic E-state index is 12.7. The van der Waals surface area contributed by atoms with E-state index in [1.807, 2.05) is 12.1 Å². The average Bonchev–Trinajstić information content (AvgIpc) is 2.91. The molecule has 1 fully saturated rings. The molecule has 2 aliphatic heterocycles. The highest BCUT2D eigenvalue weighted by Gasteiger charge is 2.39. The first kappa shape index (κ1) is 18.5. The summed E-state index contributed by atoms with van der Waals surface area (Å²) in [5.74, 6) is -0.864. The molecule has 140 valence electrons. The average molecular weight is 360 g/mol. The van der Waals surface area contributed by atoms with Crippen LogP contribution in [0.5, 0.6) is 0 Å². The number of rotatable bonds is 7. The van der Waals surface area contributed by atoms with Crippen LogP contribution < -0.4 is 11.1 Å². The van der Waals surface area contributed by atoms with Crippen molar-refractivity contribution in [2.45, 2.75) is 32.0 Å². The fourth-order valence-corrected chi connectivity index (χ4v) is 3.58. The molecule has 1 unspecified atom stereocenters. The van der Waals surface area contributed by atoms with Crippen LogP contribution in [0.3, 0.4) is 0 Å². The van der Waals surface area contributed by atoms with Crippen molar-refractivity contribution in [1.82, 2.24) is 15.1 Å². The van der Waals surface area contributed by atoms with Crippen LogP contribution in [0.1, 0.15) is 34.3 Å². The Hall–Kier alpha value is -2.29. The first-order valence-corrected chi connectivity index (χ1v) is 8.83. The summed E-state index contributed by atoms with van der Waals surface area (Å²) in [6.07, 6.45) is 0.606. The topological polar surface area (TPSA) is 116 Å². The molecule has 8 heteroatoms. The van der Waals surface area contributed by atoms with Gasteiger partial charge < -0.3 is 15.7 Å². The van der Waals surface area contributed by atoms with Crippen molar-refractivity contribution in [3.63, 3.8) is 0 Å². The molecule has 2 aliphatic rings. The van der Waals surface area contributed by atoms with Crippen LogP contribution in [-0.4, -0.2) is 64.9 Å². The molecule has 1 aromatic carbocycles. The minimum atomic E-state index is -0.598. The lowest BCUT2D eigenvalue weighted by Crippen LogP contribution is -2.52. The van der Waals surface area contributed by atoms with Gasteiger partial charge in [0.05, 0.1) is 6.61 Å². The minimum absolute atomic E-state index is 0.0622. The van der Waals surface area contributed by atoms with Gasteiger partial charge in [-0.2, -0.15) is 0 Å². The second-order valence-electron chi connectivity index (χ2n) is 6.68. The molecule has 0 aliphatic carbocycles. The van der Waals surface area contributed by atoms with E-state index in [1.165, 1.54) is 0 Å². The van der Waals surface area contributed by atoms with E-state index in [1.54, 1.807) is 11.0 Å². The summed E-state index contributed by atoms with van der Waals surface area (Å²) in [4.78, 5) is 39.7. The van der Waals surface area contributed by atoms with Crippen LogP contribution >= 0.6 is 0 Å². The normalized spacial score (nSPS) is 19.9. The molecule has 0 saturated carbocycles. The summed E-state index contributed by atoms with van der Waals surface area (Å²) in [5, 5.41) is 11.5. The predicted octanol–water partition coefficient (Wildman–Crippen LogP) is -0.799. The van der Waals surface area contributed by atoms with Gasteiger partial charge in [-0.3, -0.25) is 24.6 Å². The highest BCUT2D eigenvalue weighted by atomic mass is 16.3. The Bertz CT molecular complexity index is 715. The molecule has 0 radical (unpaired) electrons. The molecular weight excluding hydrogens is 336 g/mol. The third-order valence-electron chi connectivity index (χ3n) is 4.86. The molecule has 1 atom stereocenters. The molecule has 0 bridgehead atoms. The van der Waals surface area contributed by atoms with Crippen LogP contribution in [0.25, 0.3) is 0 Å². The Kier molecular flexibility index (Phi) is 5.65. The number of nitrogens with two attached hydrogens (primary N) is 1. The minimum Gasteiger partial charge on any atom is -0.395 e. The van der Waals surface area contributed by atoms with Crippen molar-refractivity contribution in [3.05, 3.63) is 34.9 Å². The SMILES string of the molecule is NCCN(CCO)Cc1ccc2c(c1)CN(C1CCC(=O)NC1=O)C2=O. The Morgan fingerprint density at radius 3 is 2.77 bits per heavy atom. The number of hydrogen-bond acceptors (Lipinski definition) is 6. The van der Waals surface area contributed by atoms with Crippen LogP contribution in [0.15, 0.2) is 18.2 Å². The number of nitrogens with one attached hydrogen (secondary N) is 1. The van der Waals surface area contributed by atoms with Crippen molar-refractivity contribution in [2.75, 3.05) is 26.2 Å². The summed E-state index contributed by atoms with van der Waals surface area (Å²) in [5.41, 5.74) is 8.13. The van der Waals surface area contributed by atoms with Crippen molar-refractivity contribution >= 4 is 17.7 Å². The van der Waals surface area contributed by atoms with Crippen LogP contribution in [0.2, 0.25) is 0 Å².